The molecule has 2 rings (SSSR count). The Balaban J connectivity index is 2.04. The number of benzene rings is 1. The second-order valence-corrected chi connectivity index (χ2v) is 8.00. The van der Waals surface area contributed by atoms with E-state index in [4.69, 9.17) is 4.99 Å². The summed E-state index contributed by atoms with van der Waals surface area (Å²) in [6.07, 6.45) is 0. The quantitative estimate of drug-likeness (QED) is 0.577. The van der Waals surface area contributed by atoms with Crippen molar-refractivity contribution in [1.82, 2.24) is 20.5 Å². The summed E-state index contributed by atoms with van der Waals surface area (Å²) in [5.74, 6) is 0.831. The molecule has 1 heterocycles. The maximum atomic E-state index is 4.70. The number of aromatic nitrogens is 1. The van der Waals surface area contributed by atoms with Crippen LogP contribution in [-0.4, -0.2) is 43.0 Å². The van der Waals surface area contributed by atoms with Gasteiger partial charge in [0.25, 0.3) is 0 Å². The lowest BCUT2D eigenvalue weighted by Gasteiger charge is -2.26. The number of nitrogens with zero attached hydrogens (tertiary/aromatic N) is 3. The summed E-state index contributed by atoms with van der Waals surface area (Å²) in [6.45, 7) is 10.6. The molecule has 0 saturated carbocycles. The zero-order valence-corrected chi connectivity index (χ0v) is 17.6. The van der Waals surface area contributed by atoms with Crippen LogP contribution in [0.4, 0.5) is 0 Å². The Bertz CT molecular complexity index is 699. The van der Waals surface area contributed by atoms with Crippen molar-refractivity contribution in [2.75, 3.05) is 27.2 Å². The molecule has 2 aromatic rings. The summed E-state index contributed by atoms with van der Waals surface area (Å²) in [5, 5.41) is 7.86. The van der Waals surface area contributed by atoms with E-state index in [1.165, 1.54) is 16.0 Å². The highest BCUT2D eigenvalue weighted by atomic mass is 32.1. The van der Waals surface area contributed by atoms with Gasteiger partial charge in [0.05, 0.1) is 18.3 Å². The van der Waals surface area contributed by atoms with Gasteiger partial charge in [-0.2, -0.15) is 0 Å². The molecule has 1 atom stereocenters. The molecule has 0 fully saturated rings. The average molecular weight is 374 g/mol. The van der Waals surface area contributed by atoms with Gasteiger partial charge in [0.15, 0.2) is 5.96 Å². The van der Waals surface area contributed by atoms with Gasteiger partial charge in [0, 0.05) is 18.0 Å². The lowest BCUT2D eigenvalue weighted by atomic mass is 10.0. The van der Waals surface area contributed by atoms with Crippen LogP contribution in [0, 0.1) is 20.8 Å². The van der Waals surface area contributed by atoms with Crippen molar-refractivity contribution in [3.63, 3.8) is 0 Å². The van der Waals surface area contributed by atoms with Gasteiger partial charge >= 0.3 is 0 Å². The van der Waals surface area contributed by atoms with E-state index in [0.29, 0.717) is 6.54 Å². The molecule has 0 amide bonds. The van der Waals surface area contributed by atoms with Gasteiger partial charge in [-0.05, 0) is 47.4 Å². The molecule has 0 saturated heterocycles. The van der Waals surface area contributed by atoms with Crippen LogP contribution in [0.2, 0.25) is 0 Å². The van der Waals surface area contributed by atoms with E-state index >= 15 is 0 Å². The van der Waals surface area contributed by atoms with Crippen LogP contribution in [0.5, 0.6) is 0 Å². The normalized spacial score (nSPS) is 13.1. The van der Waals surface area contributed by atoms with E-state index in [1.54, 1.807) is 11.3 Å². The number of hydrogen-bond donors (Lipinski definition) is 2. The average Bonchev–Trinajstić information content (AvgIpc) is 2.92. The molecule has 6 heteroatoms. The number of hydrogen-bond acceptors (Lipinski definition) is 4. The van der Waals surface area contributed by atoms with Crippen LogP contribution in [0.3, 0.4) is 0 Å². The maximum absolute atomic E-state index is 4.70. The summed E-state index contributed by atoms with van der Waals surface area (Å²) < 4.78 is 0. The molecule has 2 N–H and O–H groups in total. The first-order valence-electron chi connectivity index (χ1n) is 9.08. The van der Waals surface area contributed by atoms with Crippen molar-refractivity contribution < 1.29 is 0 Å². The number of aliphatic imine (C=N–C) groups is 1. The third-order valence-electron chi connectivity index (χ3n) is 4.34. The minimum atomic E-state index is 0.281. The van der Waals surface area contributed by atoms with E-state index in [-0.39, 0.29) is 6.04 Å². The van der Waals surface area contributed by atoms with Crippen molar-refractivity contribution >= 4 is 17.3 Å². The molecule has 1 aromatic heterocycles. The zero-order valence-electron chi connectivity index (χ0n) is 16.8. The summed E-state index contributed by atoms with van der Waals surface area (Å²) in [6, 6.07) is 9.01. The Labute approximate surface area is 161 Å². The molecule has 5 nitrogen and oxygen atoms in total. The number of nitrogens with one attached hydrogen (secondary N) is 2. The number of likely N-dealkylation sites (N-methyl/N-ethyl adjacent to an activating group) is 1. The highest BCUT2D eigenvalue weighted by Crippen LogP contribution is 2.18. The van der Waals surface area contributed by atoms with Crippen molar-refractivity contribution in [2.24, 2.45) is 4.99 Å². The standard InChI is InChI=1S/C20H31N5S/c1-7-21-20(23-13-19-24-15(3)16(4)26-19)22-12-18(25(5)6)17-10-8-14(2)9-11-17/h8-11,18H,7,12-13H2,1-6H3,(H2,21,22,23). The largest absolute Gasteiger partial charge is 0.357 e. The summed E-state index contributed by atoms with van der Waals surface area (Å²) in [5.41, 5.74) is 3.68. The Hall–Kier alpha value is -1.92. The van der Waals surface area contributed by atoms with Crippen molar-refractivity contribution in [3.8, 4) is 0 Å². The fourth-order valence-electron chi connectivity index (χ4n) is 2.68. The number of aryl methyl sites for hydroxylation is 3. The van der Waals surface area contributed by atoms with Crippen molar-refractivity contribution in [1.29, 1.82) is 0 Å². The smallest absolute Gasteiger partial charge is 0.191 e. The van der Waals surface area contributed by atoms with E-state index in [0.717, 1.165) is 29.8 Å². The topological polar surface area (TPSA) is 52.6 Å². The predicted molar refractivity (Wildman–Crippen MR) is 112 cm³/mol. The molecule has 0 spiro atoms. The van der Waals surface area contributed by atoms with Gasteiger partial charge in [0.1, 0.15) is 5.01 Å². The van der Waals surface area contributed by atoms with Crippen LogP contribution in [-0.2, 0) is 6.54 Å². The van der Waals surface area contributed by atoms with E-state index in [1.807, 2.05) is 6.92 Å². The first kappa shape index (κ1) is 20.4. The van der Waals surface area contributed by atoms with Crippen LogP contribution < -0.4 is 10.6 Å². The Morgan fingerprint density at radius 1 is 1.15 bits per heavy atom. The Morgan fingerprint density at radius 3 is 2.38 bits per heavy atom. The molecule has 0 radical (unpaired) electrons. The lowest BCUT2D eigenvalue weighted by molar-refractivity contribution is 0.298. The van der Waals surface area contributed by atoms with Crippen LogP contribution in [0.1, 0.15) is 39.7 Å². The fraction of sp³-hybridized carbons (Fsp3) is 0.500. The molecule has 0 aliphatic heterocycles. The monoisotopic (exact) mass is 373 g/mol. The first-order valence-corrected chi connectivity index (χ1v) is 9.90. The van der Waals surface area contributed by atoms with Gasteiger partial charge < -0.3 is 15.5 Å². The predicted octanol–water partition coefficient (Wildman–Crippen LogP) is 3.43. The van der Waals surface area contributed by atoms with Gasteiger partial charge in [-0.25, -0.2) is 9.98 Å². The van der Waals surface area contributed by atoms with Crippen LogP contribution in [0.15, 0.2) is 29.3 Å². The SMILES string of the molecule is CCNC(=NCc1nc(C)c(C)s1)NCC(c1ccc(C)cc1)N(C)C. The minimum Gasteiger partial charge on any atom is -0.357 e. The van der Waals surface area contributed by atoms with E-state index in [9.17, 15) is 0 Å². The highest BCUT2D eigenvalue weighted by Gasteiger charge is 2.14. The summed E-state index contributed by atoms with van der Waals surface area (Å²) in [7, 11) is 4.22. The Kier molecular flexibility index (Phi) is 7.60. The van der Waals surface area contributed by atoms with Gasteiger partial charge in [-0.1, -0.05) is 29.8 Å². The summed E-state index contributed by atoms with van der Waals surface area (Å²) in [4.78, 5) is 12.8. The third kappa shape index (κ3) is 5.81. The molecule has 142 valence electrons. The third-order valence-corrected chi connectivity index (χ3v) is 5.40. The van der Waals surface area contributed by atoms with E-state index in [2.05, 4.69) is 79.6 Å². The number of rotatable bonds is 7. The van der Waals surface area contributed by atoms with E-state index < -0.39 is 0 Å². The molecular weight excluding hydrogens is 342 g/mol. The minimum absolute atomic E-state index is 0.281. The molecule has 1 unspecified atom stereocenters. The molecule has 1 aromatic carbocycles. The second-order valence-electron chi connectivity index (χ2n) is 6.72. The van der Waals surface area contributed by atoms with Crippen molar-refractivity contribution in [2.45, 2.75) is 40.3 Å². The maximum Gasteiger partial charge on any atom is 0.191 e. The molecular formula is C20H31N5S. The lowest BCUT2D eigenvalue weighted by Crippen LogP contribution is -2.41. The highest BCUT2D eigenvalue weighted by molar-refractivity contribution is 7.11. The fourth-order valence-corrected chi connectivity index (χ4v) is 3.53. The zero-order chi connectivity index (χ0) is 19.1. The van der Waals surface area contributed by atoms with Gasteiger partial charge in [0.2, 0.25) is 0 Å². The second kappa shape index (κ2) is 9.69. The molecule has 0 aliphatic carbocycles. The van der Waals surface area contributed by atoms with Crippen LogP contribution in [0.25, 0.3) is 0 Å². The Morgan fingerprint density at radius 2 is 1.85 bits per heavy atom. The van der Waals surface area contributed by atoms with Gasteiger partial charge in [-0.3, -0.25) is 0 Å². The number of thiazole rings is 1. The summed E-state index contributed by atoms with van der Waals surface area (Å²) >= 11 is 1.72. The molecule has 0 bridgehead atoms. The molecule has 0 aliphatic rings. The molecule has 26 heavy (non-hydrogen) atoms. The number of guanidine groups is 1. The van der Waals surface area contributed by atoms with Gasteiger partial charge in [-0.15, -0.1) is 11.3 Å². The first-order chi connectivity index (χ1) is 12.4. The van der Waals surface area contributed by atoms with Crippen LogP contribution >= 0.6 is 11.3 Å². The van der Waals surface area contributed by atoms with Crippen molar-refractivity contribution in [3.05, 3.63) is 51.0 Å².